The van der Waals surface area contributed by atoms with E-state index in [0.29, 0.717) is 5.69 Å². The molecule has 1 unspecified atom stereocenters. The lowest BCUT2D eigenvalue weighted by Gasteiger charge is -2.28. The molecule has 0 spiro atoms. The molecule has 2 heterocycles. The first-order valence-electron chi connectivity index (χ1n) is 9.82. The highest BCUT2D eigenvalue weighted by Gasteiger charge is 2.36. The Hall–Kier alpha value is -2.89. The number of piperidine rings is 1. The molecule has 28 heavy (non-hydrogen) atoms. The molecule has 2 aromatic rings. The van der Waals surface area contributed by atoms with Gasteiger partial charge in [0.05, 0.1) is 11.6 Å². The first-order valence-corrected chi connectivity index (χ1v) is 9.82. The Morgan fingerprint density at radius 3 is 2.43 bits per heavy atom. The van der Waals surface area contributed by atoms with Crippen LogP contribution in [0.15, 0.2) is 48.5 Å². The fraction of sp³-hybridized carbons (Fsp3) is 0.364. The summed E-state index contributed by atoms with van der Waals surface area (Å²) in [5.41, 5.74) is 2.11. The number of anilines is 3. The molecule has 1 atom stereocenters. The third-order valence-corrected chi connectivity index (χ3v) is 5.50. The molecule has 6 heteroatoms. The highest BCUT2D eigenvalue weighted by molar-refractivity contribution is 6.03. The highest BCUT2D eigenvalue weighted by Crippen LogP contribution is 2.28. The number of amides is 2. The number of carbonyl (C=O) groups is 2. The van der Waals surface area contributed by atoms with Gasteiger partial charge in [0, 0.05) is 37.4 Å². The second kappa shape index (κ2) is 8.00. The van der Waals surface area contributed by atoms with Crippen LogP contribution in [0.5, 0.6) is 0 Å². The molecule has 0 aromatic heterocycles. The van der Waals surface area contributed by atoms with E-state index < -0.39 is 11.7 Å². The highest BCUT2D eigenvalue weighted by atomic mass is 19.1. The van der Waals surface area contributed by atoms with Crippen molar-refractivity contribution in [2.24, 2.45) is 5.92 Å². The molecule has 5 nitrogen and oxygen atoms in total. The predicted molar refractivity (Wildman–Crippen MR) is 108 cm³/mol. The summed E-state index contributed by atoms with van der Waals surface area (Å²) in [6.07, 6.45) is 3.81. The van der Waals surface area contributed by atoms with Crippen molar-refractivity contribution in [2.75, 3.05) is 34.8 Å². The van der Waals surface area contributed by atoms with Crippen LogP contribution in [0.25, 0.3) is 0 Å². The van der Waals surface area contributed by atoms with Gasteiger partial charge in [-0.2, -0.15) is 0 Å². The molecule has 2 amide bonds. The van der Waals surface area contributed by atoms with Gasteiger partial charge < -0.3 is 15.1 Å². The lowest BCUT2D eigenvalue weighted by atomic mass is 10.1. The minimum absolute atomic E-state index is 0.0893. The van der Waals surface area contributed by atoms with E-state index in [-0.39, 0.29) is 30.5 Å². The number of benzene rings is 2. The van der Waals surface area contributed by atoms with Gasteiger partial charge in [-0.3, -0.25) is 9.59 Å². The fourth-order valence-electron chi connectivity index (χ4n) is 3.94. The first kappa shape index (κ1) is 18.5. The van der Waals surface area contributed by atoms with Crippen molar-refractivity contribution in [2.45, 2.75) is 25.7 Å². The average Bonchev–Trinajstić information content (AvgIpc) is 3.11. The SMILES string of the molecule is O=C(Nc1ccc(N2CCCCC2)cc1)C1CC(=O)N(c2ccccc2F)C1. The Balaban J connectivity index is 1.39. The van der Waals surface area contributed by atoms with Gasteiger partial charge >= 0.3 is 0 Å². The summed E-state index contributed by atoms with van der Waals surface area (Å²) < 4.78 is 14.0. The summed E-state index contributed by atoms with van der Waals surface area (Å²) in [6, 6.07) is 14.0. The maximum Gasteiger partial charge on any atom is 0.229 e. The zero-order valence-corrected chi connectivity index (χ0v) is 15.7. The molecular weight excluding hydrogens is 357 g/mol. The number of nitrogens with one attached hydrogen (secondary N) is 1. The van der Waals surface area contributed by atoms with Crippen LogP contribution >= 0.6 is 0 Å². The van der Waals surface area contributed by atoms with Crippen molar-refractivity contribution in [1.82, 2.24) is 0 Å². The van der Waals surface area contributed by atoms with E-state index in [9.17, 15) is 14.0 Å². The smallest absolute Gasteiger partial charge is 0.229 e. The molecule has 146 valence electrons. The Kier molecular flexibility index (Phi) is 5.28. The second-order valence-corrected chi connectivity index (χ2v) is 7.44. The van der Waals surface area contributed by atoms with Crippen LogP contribution in [-0.4, -0.2) is 31.4 Å². The van der Waals surface area contributed by atoms with E-state index in [1.165, 1.54) is 35.9 Å². The molecule has 2 aliphatic rings. The minimum Gasteiger partial charge on any atom is -0.372 e. The van der Waals surface area contributed by atoms with Gasteiger partial charge in [0.2, 0.25) is 11.8 Å². The number of hydrogen-bond acceptors (Lipinski definition) is 3. The number of carbonyl (C=O) groups excluding carboxylic acids is 2. The third-order valence-electron chi connectivity index (χ3n) is 5.50. The lowest BCUT2D eigenvalue weighted by Crippen LogP contribution is -2.29. The topological polar surface area (TPSA) is 52.7 Å². The minimum atomic E-state index is -0.492. The van der Waals surface area contributed by atoms with Gasteiger partial charge in [-0.05, 0) is 55.7 Å². The predicted octanol–water partition coefficient (Wildman–Crippen LogP) is 3.81. The maximum absolute atomic E-state index is 14.0. The van der Waals surface area contributed by atoms with E-state index in [4.69, 9.17) is 0 Å². The molecule has 2 aliphatic heterocycles. The molecule has 2 saturated heterocycles. The van der Waals surface area contributed by atoms with Crippen LogP contribution in [0, 0.1) is 11.7 Å². The van der Waals surface area contributed by atoms with Crippen molar-refractivity contribution in [3.05, 3.63) is 54.3 Å². The summed E-state index contributed by atoms with van der Waals surface area (Å²) in [7, 11) is 0. The molecule has 0 saturated carbocycles. The Bertz CT molecular complexity index is 862. The quantitative estimate of drug-likeness (QED) is 0.876. The van der Waals surface area contributed by atoms with E-state index >= 15 is 0 Å². The normalized spacial score (nSPS) is 19.8. The molecular formula is C22H24FN3O2. The summed E-state index contributed by atoms with van der Waals surface area (Å²) in [5.74, 6) is -1.39. The van der Waals surface area contributed by atoms with Gasteiger partial charge in [-0.1, -0.05) is 12.1 Å². The maximum atomic E-state index is 14.0. The Labute approximate surface area is 164 Å². The standard InChI is InChI=1S/C22H24FN3O2/c23-19-6-2-3-7-20(19)26-15-16(14-21(26)27)22(28)24-17-8-10-18(11-9-17)25-12-4-1-5-13-25/h2-3,6-11,16H,1,4-5,12-15H2,(H,24,28). The largest absolute Gasteiger partial charge is 0.372 e. The second-order valence-electron chi connectivity index (χ2n) is 7.44. The lowest BCUT2D eigenvalue weighted by molar-refractivity contribution is -0.122. The Morgan fingerprint density at radius 2 is 1.71 bits per heavy atom. The van der Waals surface area contributed by atoms with Crippen LogP contribution in [0.1, 0.15) is 25.7 Å². The van der Waals surface area contributed by atoms with E-state index in [1.807, 2.05) is 24.3 Å². The molecule has 2 fully saturated rings. The number of para-hydroxylation sites is 1. The summed E-state index contributed by atoms with van der Waals surface area (Å²) in [4.78, 5) is 28.6. The molecule has 0 bridgehead atoms. The van der Waals surface area contributed by atoms with E-state index in [1.54, 1.807) is 18.2 Å². The van der Waals surface area contributed by atoms with Crippen LogP contribution in [0.4, 0.5) is 21.5 Å². The van der Waals surface area contributed by atoms with E-state index in [2.05, 4.69) is 10.2 Å². The number of halogens is 1. The molecule has 0 radical (unpaired) electrons. The fourth-order valence-corrected chi connectivity index (χ4v) is 3.94. The van der Waals surface area contributed by atoms with Crippen molar-refractivity contribution in [3.8, 4) is 0 Å². The number of nitrogens with zero attached hydrogens (tertiary/aromatic N) is 2. The molecule has 2 aromatic carbocycles. The van der Waals surface area contributed by atoms with Crippen LogP contribution < -0.4 is 15.1 Å². The van der Waals surface area contributed by atoms with Crippen molar-refractivity contribution < 1.29 is 14.0 Å². The van der Waals surface area contributed by atoms with Crippen LogP contribution in [-0.2, 0) is 9.59 Å². The van der Waals surface area contributed by atoms with Crippen LogP contribution in [0.3, 0.4) is 0 Å². The van der Waals surface area contributed by atoms with Gasteiger partial charge in [0.15, 0.2) is 0 Å². The summed E-state index contributed by atoms with van der Waals surface area (Å²) >= 11 is 0. The molecule has 4 rings (SSSR count). The number of rotatable bonds is 4. The summed E-state index contributed by atoms with van der Waals surface area (Å²) in [6.45, 7) is 2.33. The van der Waals surface area contributed by atoms with E-state index in [0.717, 1.165) is 13.1 Å². The zero-order chi connectivity index (χ0) is 19.5. The van der Waals surface area contributed by atoms with Crippen molar-refractivity contribution >= 4 is 28.9 Å². The van der Waals surface area contributed by atoms with Gasteiger partial charge in [0.1, 0.15) is 5.82 Å². The average molecular weight is 381 g/mol. The van der Waals surface area contributed by atoms with Gasteiger partial charge in [0.25, 0.3) is 0 Å². The summed E-state index contributed by atoms with van der Waals surface area (Å²) in [5, 5.41) is 2.89. The van der Waals surface area contributed by atoms with Gasteiger partial charge in [-0.25, -0.2) is 4.39 Å². The van der Waals surface area contributed by atoms with Crippen molar-refractivity contribution in [3.63, 3.8) is 0 Å². The van der Waals surface area contributed by atoms with Crippen LogP contribution in [0.2, 0.25) is 0 Å². The zero-order valence-electron chi connectivity index (χ0n) is 15.7. The molecule has 1 N–H and O–H groups in total. The first-order chi connectivity index (χ1) is 13.6. The van der Waals surface area contributed by atoms with Gasteiger partial charge in [-0.15, -0.1) is 0 Å². The van der Waals surface area contributed by atoms with Crippen molar-refractivity contribution in [1.29, 1.82) is 0 Å². The number of hydrogen-bond donors (Lipinski definition) is 1. The Morgan fingerprint density at radius 1 is 1.00 bits per heavy atom. The monoisotopic (exact) mass is 381 g/mol. The third kappa shape index (κ3) is 3.86. The molecule has 0 aliphatic carbocycles.